The third-order valence-electron chi connectivity index (χ3n) is 10.3. The predicted octanol–water partition coefficient (Wildman–Crippen LogP) is 3.10. The number of nitrogens with two attached hydrogens (primary N) is 1. The SMILES string of the molecule is CCCC[C@H](NC)C(=O)N[C@@H](Cc1cccc(N[C@@H](Cc2cccnc2)C(=O)N[C@@H](CCN)C(=O)N=[N+]=[N-])c1)C(=O)N[C@@](F)(CCCC)C(=O)N(C)[C@@H](Cc1cccnc1)C(=O)O. The molecule has 0 fully saturated rings. The van der Waals surface area contributed by atoms with E-state index >= 15 is 4.39 Å². The van der Waals surface area contributed by atoms with Crippen LogP contribution in [0.5, 0.6) is 0 Å². The lowest BCUT2D eigenvalue weighted by Gasteiger charge is -2.34. The van der Waals surface area contributed by atoms with Gasteiger partial charge in [0.05, 0.1) is 12.1 Å². The van der Waals surface area contributed by atoms with Crippen LogP contribution in [0.15, 0.2) is 78.4 Å². The van der Waals surface area contributed by atoms with Gasteiger partial charge in [-0.2, -0.15) is 0 Å². The summed E-state index contributed by atoms with van der Waals surface area (Å²) >= 11 is 0. The number of pyridine rings is 2. The Hall–Kier alpha value is -6.50. The second-order valence-electron chi connectivity index (χ2n) is 15.1. The first-order chi connectivity index (χ1) is 30.2. The molecule has 2 heterocycles. The Bertz CT molecular complexity index is 2030. The highest BCUT2D eigenvalue weighted by Gasteiger charge is 2.46. The molecule has 3 aromatic rings. The molecule has 0 radical (unpaired) electrons. The van der Waals surface area contributed by atoms with E-state index in [-0.39, 0.29) is 38.6 Å². The summed E-state index contributed by atoms with van der Waals surface area (Å²) in [5.41, 5.74) is 16.5. The lowest BCUT2D eigenvalue weighted by atomic mass is 9.99. The van der Waals surface area contributed by atoms with Gasteiger partial charge in [0.1, 0.15) is 18.1 Å². The van der Waals surface area contributed by atoms with Crippen LogP contribution < -0.4 is 32.3 Å². The summed E-state index contributed by atoms with van der Waals surface area (Å²) in [4.78, 5) is 92.0. The Morgan fingerprint density at radius 3 is 2.02 bits per heavy atom. The van der Waals surface area contributed by atoms with Gasteiger partial charge in [0, 0.05) is 68.1 Å². The van der Waals surface area contributed by atoms with E-state index < -0.39 is 77.9 Å². The molecule has 6 atom stereocenters. The van der Waals surface area contributed by atoms with Crippen molar-refractivity contribution in [2.45, 2.75) is 114 Å². The van der Waals surface area contributed by atoms with Gasteiger partial charge in [0.15, 0.2) is 0 Å². The molecule has 0 aliphatic carbocycles. The molecule has 20 heteroatoms. The van der Waals surface area contributed by atoms with E-state index in [0.717, 1.165) is 18.4 Å². The molecule has 0 saturated carbocycles. The van der Waals surface area contributed by atoms with Crippen LogP contribution in [0.25, 0.3) is 10.4 Å². The van der Waals surface area contributed by atoms with Crippen molar-refractivity contribution in [3.8, 4) is 0 Å². The number of rotatable bonds is 27. The van der Waals surface area contributed by atoms with Crippen LogP contribution in [0.2, 0.25) is 0 Å². The minimum atomic E-state index is -3.06. The van der Waals surface area contributed by atoms with Crippen LogP contribution in [0.1, 0.15) is 75.5 Å². The van der Waals surface area contributed by atoms with Crippen molar-refractivity contribution in [1.82, 2.24) is 36.1 Å². The first-order valence-corrected chi connectivity index (χ1v) is 20.9. The molecule has 0 aliphatic rings. The number of nitrogens with one attached hydrogen (secondary N) is 5. The zero-order chi connectivity index (χ0) is 46.4. The van der Waals surface area contributed by atoms with Crippen LogP contribution in [-0.4, -0.2) is 112 Å². The third-order valence-corrected chi connectivity index (χ3v) is 10.3. The van der Waals surface area contributed by atoms with E-state index in [1.54, 1.807) is 74.9 Å². The largest absolute Gasteiger partial charge is 0.480 e. The second kappa shape index (κ2) is 26.1. The van der Waals surface area contributed by atoms with Crippen molar-refractivity contribution in [2.24, 2.45) is 10.8 Å². The molecule has 2 aromatic heterocycles. The van der Waals surface area contributed by atoms with Gasteiger partial charge in [-0.25, -0.2) is 9.18 Å². The summed E-state index contributed by atoms with van der Waals surface area (Å²) < 4.78 is 17.2. The number of alkyl halides is 1. The number of hydrogen-bond donors (Lipinski definition) is 7. The number of anilines is 1. The maximum atomic E-state index is 17.2. The number of carboxylic acid groups (broad SMARTS) is 1. The highest BCUT2D eigenvalue weighted by atomic mass is 19.1. The maximum Gasteiger partial charge on any atom is 0.326 e. The van der Waals surface area contributed by atoms with Gasteiger partial charge in [0.2, 0.25) is 23.6 Å². The van der Waals surface area contributed by atoms with Gasteiger partial charge in [-0.3, -0.25) is 33.9 Å². The average molecular weight is 875 g/mol. The number of halogens is 1. The minimum absolute atomic E-state index is 0.00670. The molecule has 63 heavy (non-hydrogen) atoms. The summed E-state index contributed by atoms with van der Waals surface area (Å²) in [7, 11) is 2.76. The zero-order valence-electron chi connectivity index (χ0n) is 36.1. The summed E-state index contributed by atoms with van der Waals surface area (Å²) in [5.74, 6) is -8.83. The topological polar surface area (TPSA) is 287 Å². The highest BCUT2D eigenvalue weighted by molar-refractivity contribution is 5.96. The van der Waals surface area contributed by atoms with E-state index in [0.29, 0.717) is 41.6 Å². The Labute approximate surface area is 366 Å². The van der Waals surface area contributed by atoms with Crippen molar-refractivity contribution in [1.29, 1.82) is 0 Å². The molecule has 0 saturated heterocycles. The van der Waals surface area contributed by atoms with Gasteiger partial charge in [0.25, 0.3) is 11.7 Å². The van der Waals surface area contributed by atoms with Gasteiger partial charge < -0.3 is 42.3 Å². The average Bonchev–Trinajstić information content (AvgIpc) is 3.27. The molecule has 0 bridgehead atoms. The van der Waals surface area contributed by atoms with E-state index in [1.165, 1.54) is 12.4 Å². The van der Waals surface area contributed by atoms with Gasteiger partial charge >= 0.3 is 5.97 Å². The summed E-state index contributed by atoms with van der Waals surface area (Å²) in [5, 5.41) is 26.9. The zero-order valence-corrected chi connectivity index (χ0v) is 36.1. The molecule has 19 nitrogen and oxygen atoms in total. The number of aromatic nitrogens is 2. The highest BCUT2D eigenvalue weighted by Crippen LogP contribution is 2.23. The fourth-order valence-electron chi connectivity index (χ4n) is 6.77. The summed E-state index contributed by atoms with van der Waals surface area (Å²) in [6.45, 7) is 3.75. The standard InChI is InChI=1S/C43H59FN12O7/c1-5-7-16-32(47-3)37(57)52-35(39(59)53-43(44,18-8-6-2)42(63)56(4)36(41(61)62)25-30-14-11-21-49-27-30)23-28-12-9-15-31(22-28)50-34(24-29-13-10-20-48-26-29)38(58)51-33(17-19-45)40(60)54-55-46/h9-15,20-22,26-27,32-36,47,50H,5-8,16-19,23-25,45H2,1-4H3,(H,51,58)(H,52,57)(H,53,59)(H,61,62)/t32-,33-,34-,35-,36-,43-/m0/s1. The fourth-order valence-corrected chi connectivity index (χ4v) is 6.77. The first-order valence-electron chi connectivity index (χ1n) is 20.9. The fraction of sp³-hybridized carbons (Fsp3) is 0.488. The number of likely N-dealkylation sites (N-methyl/N-ethyl adjacent to an activating group) is 2. The van der Waals surface area contributed by atoms with E-state index in [9.17, 15) is 33.9 Å². The van der Waals surface area contributed by atoms with Crippen molar-refractivity contribution in [3.05, 3.63) is 100 Å². The quantitative estimate of drug-likeness (QED) is 0.0252. The number of azide groups is 1. The molecule has 340 valence electrons. The molecular weight excluding hydrogens is 816 g/mol. The Morgan fingerprint density at radius 2 is 1.44 bits per heavy atom. The lowest BCUT2D eigenvalue weighted by molar-refractivity contribution is -0.158. The molecule has 5 amide bonds. The molecule has 1 aromatic carbocycles. The number of hydrogen-bond acceptors (Lipinski definition) is 11. The Kier molecular flexibility index (Phi) is 21.1. The van der Waals surface area contributed by atoms with Crippen LogP contribution in [0.3, 0.4) is 0 Å². The number of amides is 5. The molecule has 0 unspecified atom stereocenters. The van der Waals surface area contributed by atoms with Crippen LogP contribution in [-0.2, 0) is 48.0 Å². The minimum Gasteiger partial charge on any atom is -0.480 e. The maximum absolute atomic E-state index is 17.2. The molecule has 8 N–H and O–H groups in total. The number of benzene rings is 1. The van der Waals surface area contributed by atoms with Crippen molar-refractivity contribution < 1.29 is 38.3 Å². The van der Waals surface area contributed by atoms with Crippen LogP contribution >= 0.6 is 0 Å². The Balaban J connectivity index is 1.99. The number of carboxylic acids is 1. The van der Waals surface area contributed by atoms with Gasteiger partial charge in [-0.15, -0.1) is 0 Å². The van der Waals surface area contributed by atoms with E-state index in [4.69, 9.17) is 11.3 Å². The molecule has 0 aliphatic heterocycles. The smallest absolute Gasteiger partial charge is 0.326 e. The van der Waals surface area contributed by atoms with Crippen molar-refractivity contribution in [2.75, 3.05) is 26.0 Å². The monoisotopic (exact) mass is 874 g/mol. The van der Waals surface area contributed by atoms with E-state index in [1.807, 2.05) is 6.92 Å². The van der Waals surface area contributed by atoms with Gasteiger partial charge in [-0.1, -0.05) is 57.4 Å². The van der Waals surface area contributed by atoms with Crippen LogP contribution in [0.4, 0.5) is 10.1 Å². The van der Waals surface area contributed by atoms with Crippen LogP contribution in [0, 0.1) is 0 Å². The number of unbranched alkanes of at least 4 members (excludes halogenated alkanes) is 2. The first kappa shape index (κ1) is 50.9. The molecular formula is C43H59FN12O7. The second-order valence-corrected chi connectivity index (χ2v) is 15.1. The van der Waals surface area contributed by atoms with Crippen molar-refractivity contribution in [3.63, 3.8) is 0 Å². The van der Waals surface area contributed by atoms with E-state index in [2.05, 4.69) is 46.6 Å². The predicted molar refractivity (Wildman–Crippen MR) is 233 cm³/mol. The van der Waals surface area contributed by atoms with Crippen molar-refractivity contribution >= 4 is 41.2 Å². The number of carbonyl (C=O) groups excluding carboxylic acids is 5. The van der Waals surface area contributed by atoms with Gasteiger partial charge in [-0.05, 0) is 84.5 Å². The number of carbonyl (C=O) groups is 6. The third kappa shape index (κ3) is 16.0. The lowest BCUT2D eigenvalue weighted by Crippen LogP contribution is -2.63. The summed E-state index contributed by atoms with van der Waals surface area (Å²) in [6.07, 6.45) is 7.85. The number of aliphatic carboxylic acids is 1. The summed E-state index contributed by atoms with van der Waals surface area (Å²) in [6, 6.07) is 7.41. The number of nitrogens with zero attached hydrogens (tertiary/aromatic N) is 6. The normalized spacial score (nSPS) is 14.3. The molecule has 0 spiro atoms. The Morgan fingerprint density at radius 1 is 0.841 bits per heavy atom. The molecule has 3 rings (SSSR count).